The number of allylic oxidation sites excluding steroid dienone is 1. The quantitative estimate of drug-likeness (QED) is 0.310. The number of likely N-dealkylation sites (tertiary alicyclic amines) is 1. The van der Waals surface area contributed by atoms with E-state index in [1.54, 1.807) is 11.8 Å². The van der Waals surface area contributed by atoms with Crippen molar-refractivity contribution in [2.75, 3.05) is 32.8 Å². The van der Waals surface area contributed by atoms with Gasteiger partial charge in [0, 0.05) is 25.7 Å². The molecule has 1 unspecified atom stereocenters. The first-order chi connectivity index (χ1) is 13.0. The van der Waals surface area contributed by atoms with Crippen molar-refractivity contribution in [3.05, 3.63) is 11.6 Å². The summed E-state index contributed by atoms with van der Waals surface area (Å²) in [7, 11) is 0. The molecule has 0 saturated carbocycles. The Bertz CT molecular complexity index is 579. The molecule has 0 aromatic heterocycles. The topological polar surface area (TPSA) is 95.0 Å². The maximum atomic E-state index is 12.0. The molecular formula is C20H36N4O4. The first-order valence-electron chi connectivity index (χ1n) is 9.88. The molecule has 1 aliphatic heterocycles. The Morgan fingerprint density at radius 2 is 2.00 bits per heavy atom. The molecule has 0 radical (unpaired) electrons. The predicted octanol–water partition coefficient (Wildman–Crippen LogP) is 2.74. The van der Waals surface area contributed by atoms with Gasteiger partial charge in [-0.2, -0.15) is 0 Å². The molecule has 0 aromatic rings. The second-order valence-corrected chi connectivity index (χ2v) is 8.22. The average Bonchev–Trinajstić information content (AvgIpc) is 2.56. The van der Waals surface area contributed by atoms with E-state index < -0.39 is 11.7 Å². The smallest absolute Gasteiger partial charge is 0.407 e. The third kappa shape index (κ3) is 9.10. The monoisotopic (exact) mass is 396 g/mol. The van der Waals surface area contributed by atoms with Crippen LogP contribution in [-0.2, 0) is 14.3 Å². The highest BCUT2D eigenvalue weighted by Gasteiger charge is 2.28. The molecule has 8 heteroatoms. The largest absolute Gasteiger partial charge is 0.465 e. The number of hydrogen-bond donors (Lipinski definition) is 2. The molecule has 8 nitrogen and oxygen atoms in total. The van der Waals surface area contributed by atoms with Crippen molar-refractivity contribution in [1.82, 2.24) is 15.1 Å². The van der Waals surface area contributed by atoms with Gasteiger partial charge < -0.3 is 24.6 Å². The molecule has 1 rings (SSSR count). The lowest BCUT2D eigenvalue weighted by Crippen LogP contribution is -2.54. The Kier molecular flexibility index (Phi) is 9.28. The van der Waals surface area contributed by atoms with Gasteiger partial charge in [0.15, 0.2) is 5.96 Å². The van der Waals surface area contributed by atoms with Crippen LogP contribution < -0.4 is 5.32 Å². The molecule has 1 aliphatic rings. The molecule has 1 atom stereocenters. The van der Waals surface area contributed by atoms with E-state index in [1.165, 1.54) is 0 Å². The minimum Gasteiger partial charge on any atom is -0.465 e. The Hall–Kier alpha value is -2.25. The van der Waals surface area contributed by atoms with Crippen LogP contribution in [-0.4, -0.2) is 72.3 Å². The first kappa shape index (κ1) is 23.8. The molecule has 0 aliphatic carbocycles. The number of carbonyl (C=O) groups is 2. The van der Waals surface area contributed by atoms with Crippen LogP contribution in [0, 0.1) is 5.41 Å². The van der Waals surface area contributed by atoms with Crippen molar-refractivity contribution >= 4 is 18.0 Å². The fourth-order valence-corrected chi connectivity index (χ4v) is 2.84. The molecule has 0 aromatic carbocycles. The van der Waals surface area contributed by atoms with Gasteiger partial charge in [0.25, 0.3) is 0 Å². The van der Waals surface area contributed by atoms with Crippen molar-refractivity contribution in [1.29, 1.82) is 5.41 Å². The summed E-state index contributed by atoms with van der Waals surface area (Å²) in [6, 6.07) is -0.100. The summed E-state index contributed by atoms with van der Waals surface area (Å²) >= 11 is 0. The van der Waals surface area contributed by atoms with E-state index in [0.29, 0.717) is 26.2 Å². The Morgan fingerprint density at radius 1 is 1.32 bits per heavy atom. The number of esters is 1. The minimum atomic E-state index is -0.550. The molecular weight excluding hydrogens is 360 g/mol. The van der Waals surface area contributed by atoms with Crippen molar-refractivity contribution in [2.45, 2.75) is 66.0 Å². The number of guanidine groups is 1. The second-order valence-electron chi connectivity index (χ2n) is 8.22. The number of amides is 1. The van der Waals surface area contributed by atoms with Crippen LogP contribution >= 0.6 is 0 Å². The van der Waals surface area contributed by atoms with Crippen LogP contribution in [0.5, 0.6) is 0 Å². The normalized spacial score (nSPS) is 16.8. The van der Waals surface area contributed by atoms with Crippen LogP contribution in [0.15, 0.2) is 11.6 Å². The zero-order valence-corrected chi connectivity index (χ0v) is 18.1. The number of piperidine rings is 1. The Labute approximate surface area is 168 Å². The van der Waals surface area contributed by atoms with Crippen LogP contribution in [0.1, 0.15) is 54.4 Å². The highest BCUT2D eigenvalue weighted by Crippen LogP contribution is 2.14. The highest BCUT2D eigenvalue weighted by atomic mass is 16.6. The summed E-state index contributed by atoms with van der Waals surface area (Å²) < 4.78 is 10.4. The van der Waals surface area contributed by atoms with Gasteiger partial charge in [0.1, 0.15) is 12.1 Å². The lowest BCUT2D eigenvalue weighted by Gasteiger charge is -2.38. The van der Waals surface area contributed by atoms with E-state index in [-0.39, 0.29) is 24.5 Å². The molecule has 1 fully saturated rings. The molecule has 0 bridgehead atoms. The summed E-state index contributed by atoms with van der Waals surface area (Å²) in [6.45, 7) is 13.2. The first-order valence-corrected chi connectivity index (χ1v) is 9.88. The van der Waals surface area contributed by atoms with Gasteiger partial charge in [-0.1, -0.05) is 11.6 Å². The molecule has 1 amide bonds. The molecule has 0 spiro atoms. The van der Waals surface area contributed by atoms with Gasteiger partial charge in [-0.3, -0.25) is 10.2 Å². The zero-order valence-electron chi connectivity index (χ0n) is 18.1. The summed E-state index contributed by atoms with van der Waals surface area (Å²) in [5.41, 5.74) is 0.566. The van der Waals surface area contributed by atoms with Gasteiger partial charge in [-0.25, -0.2) is 4.79 Å². The molecule has 28 heavy (non-hydrogen) atoms. The maximum Gasteiger partial charge on any atom is 0.407 e. The summed E-state index contributed by atoms with van der Waals surface area (Å²) in [4.78, 5) is 27.6. The lowest BCUT2D eigenvalue weighted by atomic mass is 10.1. The number of carbonyl (C=O) groups excluding carboxylic acids is 2. The van der Waals surface area contributed by atoms with Crippen LogP contribution in [0.2, 0.25) is 0 Å². The van der Waals surface area contributed by atoms with Crippen molar-refractivity contribution in [2.24, 2.45) is 0 Å². The van der Waals surface area contributed by atoms with E-state index in [0.717, 1.165) is 18.4 Å². The van der Waals surface area contributed by atoms with Gasteiger partial charge in [0.2, 0.25) is 0 Å². The third-order valence-corrected chi connectivity index (χ3v) is 4.09. The Balaban J connectivity index is 2.74. The lowest BCUT2D eigenvalue weighted by molar-refractivity contribution is -0.143. The number of rotatable bonds is 6. The van der Waals surface area contributed by atoms with Crippen LogP contribution in [0.4, 0.5) is 4.79 Å². The fourth-order valence-electron chi connectivity index (χ4n) is 2.84. The van der Waals surface area contributed by atoms with E-state index in [2.05, 4.69) is 5.32 Å². The van der Waals surface area contributed by atoms with E-state index in [1.807, 2.05) is 45.6 Å². The maximum absolute atomic E-state index is 12.0. The number of nitrogens with zero attached hydrogens (tertiary/aromatic N) is 2. The molecule has 2 N–H and O–H groups in total. The number of nitrogens with one attached hydrogen (secondary N) is 2. The number of ether oxygens (including phenoxy) is 2. The summed E-state index contributed by atoms with van der Waals surface area (Å²) in [6.07, 6.45) is 3.21. The predicted molar refractivity (Wildman–Crippen MR) is 109 cm³/mol. The number of alkyl carbamates (subject to hydrolysis) is 1. The van der Waals surface area contributed by atoms with Gasteiger partial charge >= 0.3 is 12.1 Å². The van der Waals surface area contributed by atoms with Crippen molar-refractivity contribution < 1.29 is 19.1 Å². The van der Waals surface area contributed by atoms with E-state index in [9.17, 15) is 9.59 Å². The zero-order chi connectivity index (χ0) is 21.3. The average molecular weight is 397 g/mol. The van der Waals surface area contributed by atoms with Crippen molar-refractivity contribution in [3.63, 3.8) is 0 Å². The SMILES string of the molecule is CCOC(=O)CN(CC=C(C)C)C(=N)N1CCCC(NC(=O)OC(C)(C)C)C1. The number of hydrogen-bond acceptors (Lipinski definition) is 5. The van der Waals surface area contributed by atoms with Gasteiger partial charge in [0.05, 0.1) is 6.61 Å². The van der Waals surface area contributed by atoms with E-state index >= 15 is 0 Å². The molecule has 160 valence electrons. The highest BCUT2D eigenvalue weighted by molar-refractivity contribution is 5.83. The molecule has 1 saturated heterocycles. The minimum absolute atomic E-state index is 0.0249. The standard InChI is InChI=1S/C20H36N4O4/c1-7-27-17(25)14-24(12-10-15(2)3)18(21)23-11-8-9-16(13-23)22-19(26)28-20(4,5)6/h10,16,21H,7-9,11-14H2,1-6H3,(H,22,26). The Morgan fingerprint density at radius 3 is 2.57 bits per heavy atom. The second kappa shape index (κ2) is 10.9. The third-order valence-electron chi connectivity index (χ3n) is 4.09. The van der Waals surface area contributed by atoms with Crippen LogP contribution in [0.3, 0.4) is 0 Å². The summed E-state index contributed by atoms with van der Waals surface area (Å²) in [5, 5.41) is 11.5. The fraction of sp³-hybridized carbons (Fsp3) is 0.750. The van der Waals surface area contributed by atoms with Gasteiger partial charge in [-0.05, 0) is 54.4 Å². The summed E-state index contributed by atoms with van der Waals surface area (Å²) in [5.74, 6) is -0.0870. The van der Waals surface area contributed by atoms with Crippen molar-refractivity contribution in [3.8, 4) is 0 Å². The van der Waals surface area contributed by atoms with Crippen LogP contribution in [0.25, 0.3) is 0 Å². The molecule has 1 heterocycles. The van der Waals surface area contributed by atoms with E-state index in [4.69, 9.17) is 14.9 Å². The van der Waals surface area contributed by atoms with Gasteiger partial charge in [-0.15, -0.1) is 0 Å².